The highest BCUT2D eigenvalue weighted by Gasteiger charge is 2.23. The van der Waals surface area contributed by atoms with Gasteiger partial charge in [-0.05, 0) is 53.7 Å². The van der Waals surface area contributed by atoms with E-state index in [2.05, 4.69) is 26.2 Å². The summed E-state index contributed by atoms with van der Waals surface area (Å²) in [7, 11) is 0. The number of hydrogen-bond acceptors (Lipinski definition) is 4. The summed E-state index contributed by atoms with van der Waals surface area (Å²) in [6.07, 6.45) is 1.70. The highest BCUT2D eigenvalue weighted by atomic mass is 79.9. The molecule has 0 radical (unpaired) electrons. The predicted molar refractivity (Wildman–Crippen MR) is 112 cm³/mol. The molecule has 0 aromatic heterocycles. The van der Waals surface area contributed by atoms with Gasteiger partial charge in [0.2, 0.25) is 5.91 Å². The Labute approximate surface area is 174 Å². The van der Waals surface area contributed by atoms with Crippen LogP contribution in [0.1, 0.15) is 18.1 Å². The summed E-state index contributed by atoms with van der Waals surface area (Å²) in [6.45, 7) is 1.71. The third kappa shape index (κ3) is 5.45. The molecule has 0 fully saturated rings. The van der Waals surface area contributed by atoms with Crippen molar-refractivity contribution >= 4 is 62.4 Å². The zero-order chi connectivity index (χ0) is 19.4. The van der Waals surface area contributed by atoms with Gasteiger partial charge in [0, 0.05) is 22.0 Å². The van der Waals surface area contributed by atoms with Crippen molar-refractivity contribution in [3.05, 3.63) is 68.0 Å². The Kier molecular flexibility index (Phi) is 6.36. The zero-order valence-electron chi connectivity index (χ0n) is 14.2. The number of carbonyl (C=O) groups excluding carboxylic acids is 2. The van der Waals surface area contributed by atoms with Gasteiger partial charge in [-0.1, -0.05) is 39.7 Å². The fourth-order valence-electron chi connectivity index (χ4n) is 2.31. The van der Waals surface area contributed by atoms with Crippen LogP contribution in [-0.2, 0) is 16.2 Å². The van der Waals surface area contributed by atoms with Crippen LogP contribution < -0.4 is 10.1 Å². The smallest absolute Gasteiger partial charge is 0.286 e. The van der Waals surface area contributed by atoms with Crippen LogP contribution in [0, 0.1) is 0 Å². The normalized spacial score (nSPS) is 15.0. The molecule has 138 valence electrons. The molecule has 0 unspecified atom stereocenters. The SMILES string of the molecule is CC(=O)NC1=NC(=O)/C(=C/c2cc(Br)ccc2OCc2cccc(Cl)c2)S1. The van der Waals surface area contributed by atoms with Crippen molar-refractivity contribution < 1.29 is 14.3 Å². The fourth-order valence-corrected chi connectivity index (χ4v) is 3.75. The predicted octanol–water partition coefficient (Wildman–Crippen LogP) is 4.79. The van der Waals surface area contributed by atoms with E-state index in [9.17, 15) is 9.59 Å². The first-order valence-corrected chi connectivity index (χ1v) is 9.86. The second-order valence-corrected chi connectivity index (χ2v) is 8.00. The minimum Gasteiger partial charge on any atom is -0.488 e. The van der Waals surface area contributed by atoms with Gasteiger partial charge in [0.05, 0.1) is 4.91 Å². The second kappa shape index (κ2) is 8.73. The third-order valence-electron chi connectivity index (χ3n) is 3.45. The van der Waals surface area contributed by atoms with Gasteiger partial charge in [0.15, 0.2) is 5.17 Å². The lowest BCUT2D eigenvalue weighted by Gasteiger charge is -2.10. The van der Waals surface area contributed by atoms with E-state index in [0.29, 0.717) is 22.3 Å². The van der Waals surface area contributed by atoms with Gasteiger partial charge in [-0.25, -0.2) is 0 Å². The van der Waals surface area contributed by atoms with Crippen LogP contribution in [0.4, 0.5) is 0 Å². The van der Waals surface area contributed by atoms with Gasteiger partial charge in [-0.15, -0.1) is 0 Å². The topological polar surface area (TPSA) is 67.8 Å². The first kappa shape index (κ1) is 19.7. The molecule has 0 atom stereocenters. The quantitative estimate of drug-likeness (QED) is 0.659. The van der Waals surface area contributed by atoms with Crippen molar-refractivity contribution in [1.82, 2.24) is 5.32 Å². The first-order valence-electron chi connectivity index (χ1n) is 7.87. The molecule has 2 aromatic rings. The summed E-state index contributed by atoms with van der Waals surface area (Å²) in [4.78, 5) is 27.5. The number of hydrogen-bond donors (Lipinski definition) is 1. The van der Waals surface area contributed by atoms with Crippen molar-refractivity contribution in [2.45, 2.75) is 13.5 Å². The number of amidine groups is 1. The second-order valence-electron chi connectivity index (χ2n) is 5.61. The van der Waals surface area contributed by atoms with Gasteiger partial charge < -0.3 is 10.1 Å². The van der Waals surface area contributed by atoms with Gasteiger partial charge >= 0.3 is 0 Å². The summed E-state index contributed by atoms with van der Waals surface area (Å²) in [5.41, 5.74) is 1.66. The average molecular weight is 466 g/mol. The maximum Gasteiger partial charge on any atom is 0.286 e. The zero-order valence-corrected chi connectivity index (χ0v) is 17.3. The molecular formula is C19H14BrClN2O3S. The minimum atomic E-state index is -0.399. The maximum atomic E-state index is 12.1. The van der Waals surface area contributed by atoms with Crippen LogP contribution >= 0.6 is 39.3 Å². The van der Waals surface area contributed by atoms with Crippen LogP contribution in [0.3, 0.4) is 0 Å². The first-order chi connectivity index (χ1) is 12.9. The number of nitrogens with one attached hydrogen (secondary N) is 1. The van der Waals surface area contributed by atoms with Crippen molar-refractivity contribution in [3.8, 4) is 5.75 Å². The van der Waals surface area contributed by atoms with Crippen molar-refractivity contribution in [3.63, 3.8) is 0 Å². The molecule has 0 saturated carbocycles. The monoisotopic (exact) mass is 464 g/mol. The summed E-state index contributed by atoms with van der Waals surface area (Å²) in [5.74, 6) is -0.0557. The molecule has 5 nitrogen and oxygen atoms in total. The number of amides is 2. The molecule has 3 rings (SSSR count). The van der Waals surface area contributed by atoms with E-state index in [1.54, 1.807) is 12.1 Å². The van der Waals surface area contributed by atoms with Crippen molar-refractivity contribution in [2.75, 3.05) is 0 Å². The minimum absolute atomic E-state index is 0.273. The largest absolute Gasteiger partial charge is 0.488 e. The Balaban J connectivity index is 1.80. The number of rotatable bonds is 4. The molecule has 0 bridgehead atoms. The van der Waals surface area contributed by atoms with Crippen molar-refractivity contribution in [2.24, 2.45) is 4.99 Å². The molecule has 0 aliphatic carbocycles. The number of nitrogens with zero attached hydrogens (tertiary/aromatic N) is 1. The van der Waals surface area contributed by atoms with E-state index in [0.717, 1.165) is 27.4 Å². The van der Waals surface area contributed by atoms with E-state index in [1.807, 2.05) is 36.4 Å². The number of carbonyl (C=O) groups is 2. The Morgan fingerprint density at radius 3 is 2.89 bits per heavy atom. The third-order valence-corrected chi connectivity index (χ3v) is 5.07. The molecule has 1 heterocycles. The van der Waals surface area contributed by atoms with Crippen LogP contribution in [-0.4, -0.2) is 17.0 Å². The lowest BCUT2D eigenvalue weighted by atomic mass is 10.2. The Morgan fingerprint density at radius 1 is 1.33 bits per heavy atom. The molecular weight excluding hydrogens is 452 g/mol. The highest BCUT2D eigenvalue weighted by Crippen LogP contribution is 2.32. The van der Waals surface area contributed by atoms with Gasteiger partial charge in [0.25, 0.3) is 5.91 Å². The van der Waals surface area contributed by atoms with E-state index in [4.69, 9.17) is 16.3 Å². The van der Waals surface area contributed by atoms with Crippen LogP contribution in [0.15, 0.2) is 56.8 Å². The van der Waals surface area contributed by atoms with E-state index in [1.165, 1.54) is 6.92 Å². The van der Waals surface area contributed by atoms with Crippen LogP contribution in [0.2, 0.25) is 5.02 Å². The summed E-state index contributed by atoms with van der Waals surface area (Å²) >= 11 is 10.5. The highest BCUT2D eigenvalue weighted by molar-refractivity contribution is 9.10. The summed E-state index contributed by atoms with van der Waals surface area (Å²) < 4.78 is 6.77. The van der Waals surface area contributed by atoms with E-state index in [-0.39, 0.29) is 11.1 Å². The molecule has 2 aromatic carbocycles. The molecule has 8 heteroatoms. The number of thioether (sulfide) groups is 1. The van der Waals surface area contributed by atoms with Gasteiger partial charge in [0.1, 0.15) is 12.4 Å². The van der Waals surface area contributed by atoms with E-state index < -0.39 is 5.91 Å². The molecule has 1 aliphatic heterocycles. The van der Waals surface area contributed by atoms with E-state index >= 15 is 0 Å². The molecule has 0 saturated heterocycles. The molecule has 0 spiro atoms. The van der Waals surface area contributed by atoms with Crippen LogP contribution in [0.5, 0.6) is 5.75 Å². The lowest BCUT2D eigenvalue weighted by Crippen LogP contribution is -2.23. The number of ether oxygens (including phenoxy) is 1. The maximum absolute atomic E-state index is 12.1. The Morgan fingerprint density at radius 2 is 2.15 bits per heavy atom. The lowest BCUT2D eigenvalue weighted by molar-refractivity contribution is -0.117. The number of halogens is 2. The van der Waals surface area contributed by atoms with Crippen LogP contribution in [0.25, 0.3) is 6.08 Å². The Hall–Kier alpha value is -2.09. The number of benzene rings is 2. The summed E-state index contributed by atoms with van der Waals surface area (Å²) in [5, 5.41) is 3.44. The molecule has 2 amide bonds. The molecule has 27 heavy (non-hydrogen) atoms. The fraction of sp³-hybridized carbons (Fsp3) is 0.105. The molecule has 1 aliphatic rings. The Bertz CT molecular complexity index is 975. The van der Waals surface area contributed by atoms with Gasteiger partial charge in [-0.2, -0.15) is 4.99 Å². The van der Waals surface area contributed by atoms with Gasteiger partial charge in [-0.3, -0.25) is 9.59 Å². The number of aliphatic imine (C=N–C) groups is 1. The average Bonchev–Trinajstić information content (AvgIpc) is 2.92. The standard InChI is InChI=1S/C19H14BrClN2O3S/c1-11(24)22-19-23-18(25)17(27-19)9-13-8-14(20)5-6-16(13)26-10-12-3-2-4-15(21)7-12/h2-9H,10H2,1H3,(H,22,23,24,25)/b17-9-. The van der Waals surface area contributed by atoms with Crippen molar-refractivity contribution in [1.29, 1.82) is 0 Å². The molecule has 1 N–H and O–H groups in total. The summed E-state index contributed by atoms with van der Waals surface area (Å²) in [6, 6.07) is 13.0.